The Morgan fingerprint density at radius 1 is 1.31 bits per heavy atom. The molecule has 8 nitrogen and oxygen atoms in total. The molecule has 3 rings (SSSR count). The van der Waals surface area contributed by atoms with Gasteiger partial charge in [-0.25, -0.2) is 18.2 Å². The average Bonchev–Trinajstić information content (AvgIpc) is 3.32. The number of carbonyl (C=O) groups is 2. The summed E-state index contributed by atoms with van der Waals surface area (Å²) in [5, 5.41) is 13.9. The summed E-state index contributed by atoms with van der Waals surface area (Å²) in [7, 11) is -4.04. The number of carboxylic acids is 1. The minimum absolute atomic E-state index is 0.00788. The molecule has 1 saturated heterocycles. The van der Waals surface area contributed by atoms with E-state index in [0.717, 1.165) is 4.31 Å². The van der Waals surface area contributed by atoms with Crippen LogP contribution in [-0.2, 0) is 26.0 Å². The molecule has 29 heavy (non-hydrogen) atoms. The van der Waals surface area contributed by atoms with Gasteiger partial charge in [-0.1, -0.05) is 23.2 Å². The first kappa shape index (κ1) is 22.0. The van der Waals surface area contributed by atoms with Gasteiger partial charge in [-0.2, -0.15) is 4.31 Å². The van der Waals surface area contributed by atoms with E-state index >= 15 is 0 Å². The lowest BCUT2D eigenvalue weighted by molar-refractivity contribution is -0.142. The smallest absolute Gasteiger partial charge is 0.326 e. The van der Waals surface area contributed by atoms with Gasteiger partial charge in [0, 0.05) is 28.4 Å². The molecular weight excluding hydrogens is 461 g/mol. The predicted octanol–water partition coefficient (Wildman–Crippen LogP) is 2.42. The van der Waals surface area contributed by atoms with Crippen LogP contribution >= 0.6 is 34.5 Å². The van der Waals surface area contributed by atoms with E-state index in [4.69, 9.17) is 23.2 Å². The van der Waals surface area contributed by atoms with Crippen molar-refractivity contribution in [1.82, 2.24) is 14.6 Å². The number of amides is 1. The van der Waals surface area contributed by atoms with Crippen molar-refractivity contribution in [3.8, 4) is 0 Å². The standard InChI is InChI=1S/C17H17Cl2N3O5S2/c18-10-4-11(19)6-13(5-10)29(26,27)22-3-1-2-15(22)16(23)21-14(17(24)25)7-12-8-28-9-20-12/h4-6,8-9,14-15H,1-3,7H2,(H,21,23)(H,24,25)/t14-,15-/m0/s1. The van der Waals surface area contributed by atoms with Gasteiger partial charge >= 0.3 is 5.97 Å². The number of rotatable bonds is 7. The number of carbonyl (C=O) groups excluding carboxylic acids is 1. The van der Waals surface area contributed by atoms with E-state index in [0.29, 0.717) is 12.1 Å². The van der Waals surface area contributed by atoms with Crippen LogP contribution in [0, 0.1) is 0 Å². The summed E-state index contributed by atoms with van der Waals surface area (Å²) in [6, 6.07) is 1.70. The predicted molar refractivity (Wildman–Crippen MR) is 109 cm³/mol. The van der Waals surface area contributed by atoms with E-state index in [1.807, 2.05) is 0 Å². The monoisotopic (exact) mass is 477 g/mol. The summed E-state index contributed by atoms with van der Waals surface area (Å²) < 4.78 is 27.1. The molecule has 0 spiro atoms. The number of halogens is 2. The van der Waals surface area contributed by atoms with Crippen LogP contribution < -0.4 is 5.32 Å². The van der Waals surface area contributed by atoms with Crippen molar-refractivity contribution in [2.75, 3.05) is 6.54 Å². The summed E-state index contributed by atoms with van der Waals surface area (Å²) in [4.78, 5) is 28.2. The molecule has 1 fully saturated rings. The van der Waals surface area contributed by atoms with Crippen molar-refractivity contribution >= 4 is 56.4 Å². The van der Waals surface area contributed by atoms with Gasteiger partial charge in [-0.15, -0.1) is 11.3 Å². The second-order valence-electron chi connectivity index (χ2n) is 6.46. The maximum atomic E-state index is 13.0. The lowest BCUT2D eigenvalue weighted by Crippen LogP contribution is -2.51. The largest absolute Gasteiger partial charge is 0.480 e. The van der Waals surface area contributed by atoms with Crippen LogP contribution in [0.25, 0.3) is 0 Å². The Kier molecular flexibility index (Phi) is 6.79. The zero-order valence-electron chi connectivity index (χ0n) is 14.9. The fraction of sp³-hybridized carbons (Fsp3) is 0.353. The molecule has 0 unspecified atom stereocenters. The van der Waals surface area contributed by atoms with Crippen LogP contribution in [-0.4, -0.2) is 53.3 Å². The van der Waals surface area contributed by atoms with E-state index in [1.165, 1.54) is 29.5 Å². The number of aliphatic carboxylic acids is 1. The molecular formula is C17H17Cl2N3O5S2. The van der Waals surface area contributed by atoms with Crippen LogP contribution in [0.5, 0.6) is 0 Å². The highest BCUT2D eigenvalue weighted by atomic mass is 35.5. The van der Waals surface area contributed by atoms with Gasteiger partial charge in [0.15, 0.2) is 0 Å². The third-order valence-electron chi connectivity index (χ3n) is 4.46. The number of benzene rings is 1. The van der Waals surface area contributed by atoms with Crippen molar-refractivity contribution in [2.45, 2.75) is 36.2 Å². The van der Waals surface area contributed by atoms with E-state index < -0.39 is 34.0 Å². The number of nitrogens with one attached hydrogen (secondary N) is 1. The fourth-order valence-corrected chi connectivity index (χ4v) is 6.07. The van der Waals surface area contributed by atoms with E-state index in [9.17, 15) is 23.1 Å². The summed E-state index contributed by atoms with van der Waals surface area (Å²) in [6.45, 7) is 0.133. The molecule has 0 aliphatic carbocycles. The lowest BCUT2D eigenvalue weighted by Gasteiger charge is -2.25. The highest BCUT2D eigenvalue weighted by Gasteiger charge is 2.40. The first-order valence-electron chi connectivity index (χ1n) is 8.56. The van der Waals surface area contributed by atoms with Crippen molar-refractivity contribution in [3.05, 3.63) is 44.8 Å². The van der Waals surface area contributed by atoms with Crippen LogP contribution in [0.4, 0.5) is 0 Å². The average molecular weight is 478 g/mol. The maximum Gasteiger partial charge on any atom is 0.326 e. The van der Waals surface area contributed by atoms with Gasteiger partial charge in [0.1, 0.15) is 12.1 Å². The minimum Gasteiger partial charge on any atom is -0.480 e. The molecule has 2 atom stereocenters. The number of aromatic nitrogens is 1. The molecule has 12 heteroatoms. The highest BCUT2D eigenvalue weighted by Crippen LogP contribution is 2.29. The van der Waals surface area contributed by atoms with Crippen LogP contribution in [0.3, 0.4) is 0 Å². The SMILES string of the molecule is O=C(O)[C@H](Cc1cscn1)NC(=O)[C@@H]1CCCN1S(=O)(=O)c1cc(Cl)cc(Cl)c1. The number of nitrogens with zero attached hydrogens (tertiary/aromatic N) is 2. The summed E-state index contributed by atoms with van der Waals surface area (Å²) in [5.41, 5.74) is 2.10. The zero-order valence-corrected chi connectivity index (χ0v) is 18.1. The van der Waals surface area contributed by atoms with E-state index in [1.54, 1.807) is 10.9 Å². The van der Waals surface area contributed by atoms with Gasteiger partial charge in [0.25, 0.3) is 0 Å². The van der Waals surface area contributed by atoms with Gasteiger partial charge in [0.2, 0.25) is 15.9 Å². The fourth-order valence-electron chi connectivity index (χ4n) is 3.12. The Morgan fingerprint density at radius 2 is 2.00 bits per heavy atom. The molecule has 0 bridgehead atoms. The van der Waals surface area contributed by atoms with Crippen molar-refractivity contribution < 1.29 is 23.1 Å². The van der Waals surface area contributed by atoms with Gasteiger partial charge in [0.05, 0.1) is 16.1 Å². The van der Waals surface area contributed by atoms with Crippen LogP contribution in [0.1, 0.15) is 18.5 Å². The van der Waals surface area contributed by atoms with Crippen molar-refractivity contribution in [1.29, 1.82) is 0 Å². The number of carboxylic acid groups (broad SMARTS) is 1. The van der Waals surface area contributed by atoms with Crippen molar-refractivity contribution in [2.24, 2.45) is 0 Å². The Morgan fingerprint density at radius 3 is 2.59 bits per heavy atom. The quantitative estimate of drug-likeness (QED) is 0.632. The molecule has 2 N–H and O–H groups in total. The third kappa shape index (κ3) is 5.07. The minimum atomic E-state index is -4.04. The molecule has 1 aromatic heterocycles. The van der Waals surface area contributed by atoms with E-state index in [-0.39, 0.29) is 34.3 Å². The topological polar surface area (TPSA) is 117 Å². The molecule has 1 aromatic carbocycles. The normalized spacial score (nSPS) is 18.5. The molecule has 2 heterocycles. The van der Waals surface area contributed by atoms with E-state index in [2.05, 4.69) is 10.3 Å². The Hall–Kier alpha value is -1.72. The second kappa shape index (κ2) is 8.97. The molecule has 0 radical (unpaired) electrons. The number of hydrogen-bond acceptors (Lipinski definition) is 6. The number of hydrogen-bond donors (Lipinski definition) is 2. The summed E-state index contributed by atoms with van der Waals surface area (Å²) >= 11 is 13.1. The van der Waals surface area contributed by atoms with Gasteiger partial charge < -0.3 is 10.4 Å². The summed E-state index contributed by atoms with van der Waals surface area (Å²) in [5.74, 6) is -1.89. The maximum absolute atomic E-state index is 13.0. The van der Waals surface area contributed by atoms with Crippen LogP contribution in [0.15, 0.2) is 34.0 Å². The molecule has 1 amide bonds. The van der Waals surface area contributed by atoms with Crippen molar-refractivity contribution in [3.63, 3.8) is 0 Å². The molecule has 0 saturated carbocycles. The Labute approximate surface area is 181 Å². The Bertz CT molecular complexity index is 994. The lowest BCUT2D eigenvalue weighted by atomic mass is 10.1. The third-order valence-corrected chi connectivity index (χ3v) is 7.42. The van der Waals surface area contributed by atoms with Gasteiger partial charge in [-0.05, 0) is 31.0 Å². The molecule has 2 aromatic rings. The number of sulfonamides is 1. The first-order valence-corrected chi connectivity index (χ1v) is 11.7. The highest BCUT2D eigenvalue weighted by molar-refractivity contribution is 7.89. The summed E-state index contributed by atoms with van der Waals surface area (Å²) in [6.07, 6.45) is 0.756. The molecule has 1 aliphatic rings. The van der Waals surface area contributed by atoms with Gasteiger partial charge in [-0.3, -0.25) is 4.79 Å². The zero-order chi connectivity index (χ0) is 21.2. The van der Waals surface area contributed by atoms with Crippen LogP contribution in [0.2, 0.25) is 10.0 Å². The number of thiazole rings is 1. The second-order valence-corrected chi connectivity index (χ2v) is 9.94. The molecule has 156 valence electrons. The molecule has 1 aliphatic heterocycles. The first-order chi connectivity index (χ1) is 13.7. The Balaban J connectivity index is 1.80.